The molecule has 0 aliphatic carbocycles. The minimum atomic E-state index is 0.240. The molecule has 2 nitrogen and oxygen atoms in total. The Morgan fingerprint density at radius 1 is 1.11 bits per heavy atom. The van der Waals surface area contributed by atoms with Gasteiger partial charge < -0.3 is 10.2 Å². The second-order valence-corrected chi connectivity index (χ2v) is 6.81. The predicted molar refractivity (Wildman–Crippen MR) is 84.1 cm³/mol. The van der Waals surface area contributed by atoms with Crippen LogP contribution in [-0.4, -0.2) is 25.7 Å². The summed E-state index contributed by atoms with van der Waals surface area (Å²) in [4.78, 5) is 2.52. The maximum atomic E-state index is 3.58. The zero-order valence-electron chi connectivity index (χ0n) is 12.9. The Balaban J connectivity index is 2.11. The normalized spacial score (nSPS) is 21.9. The van der Waals surface area contributed by atoms with Gasteiger partial charge in [-0.1, -0.05) is 32.9 Å². The minimum absolute atomic E-state index is 0.240. The first kappa shape index (κ1) is 14.4. The number of rotatable bonds is 1. The Kier molecular flexibility index (Phi) is 4.51. The van der Waals surface area contributed by atoms with E-state index >= 15 is 0 Å². The molecule has 106 valence electrons. The Labute approximate surface area is 118 Å². The molecule has 2 rings (SSSR count). The van der Waals surface area contributed by atoms with Crippen LogP contribution < -0.4 is 10.2 Å². The zero-order chi connectivity index (χ0) is 13.9. The predicted octanol–water partition coefficient (Wildman–Crippen LogP) is 3.56. The van der Waals surface area contributed by atoms with Crippen LogP contribution in [0.5, 0.6) is 0 Å². The highest BCUT2D eigenvalue weighted by molar-refractivity contribution is 5.48. The van der Waals surface area contributed by atoms with Crippen LogP contribution in [0.1, 0.15) is 46.1 Å². The highest BCUT2D eigenvalue weighted by Crippen LogP contribution is 2.25. The summed E-state index contributed by atoms with van der Waals surface area (Å²) in [6, 6.07) is 9.71. The average Bonchev–Trinajstić information content (AvgIpc) is 2.33. The average molecular weight is 260 g/mol. The monoisotopic (exact) mass is 260 g/mol. The van der Waals surface area contributed by atoms with Crippen molar-refractivity contribution in [3.8, 4) is 0 Å². The van der Waals surface area contributed by atoms with Gasteiger partial charge in [-0.25, -0.2) is 0 Å². The molecule has 0 bridgehead atoms. The molecule has 0 amide bonds. The highest BCUT2D eigenvalue weighted by atomic mass is 15.2. The molecule has 0 saturated carbocycles. The van der Waals surface area contributed by atoms with E-state index in [1.807, 2.05) is 0 Å². The molecule has 1 fully saturated rings. The van der Waals surface area contributed by atoms with E-state index in [-0.39, 0.29) is 5.41 Å². The fourth-order valence-electron chi connectivity index (χ4n) is 2.67. The molecule has 1 aromatic rings. The number of nitrogens with one attached hydrogen (secondary N) is 1. The van der Waals surface area contributed by atoms with Crippen LogP contribution in [0, 0.1) is 0 Å². The Morgan fingerprint density at radius 2 is 1.79 bits per heavy atom. The summed E-state index contributed by atoms with van der Waals surface area (Å²) in [6.45, 7) is 12.5. The lowest BCUT2D eigenvalue weighted by molar-refractivity contribution is 0.485. The van der Waals surface area contributed by atoms with Crippen molar-refractivity contribution in [1.29, 1.82) is 0 Å². The molecule has 0 spiro atoms. The molecule has 1 heterocycles. The van der Waals surface area contributed by atoms with Gasteiger partial charge in [-0.05, 0) is 49.4 Å². The van der Waals surface area contributed by atoms with E-state index in [9.17, 15) is 0 Å². The lowest BCUT2D eigenvalue weighted by Gasteiger charge is -2.31. The van der Waals surface area contributed by atoms with Gasteiger partial charge in [-0.2, -0.15) is 0 Å². The van der Waals surface area contributed by atoms with Crippen LogP contribution >= 0.6 is 0 Å². The molecule has 2 heteroatoms. The van der Waals surface area contributed by atoms with Crippen LogP contribution in [0.25, 0.3) is 0 Å². The maximum Gasteiger partial charge on any atom is 0.0366 e. The highest BCUT2D eigenvalue weighted by Gasteiger charge is 2.16. The van der Waals surface area contributed by atoms with E-state index in [0.717, 1.165) is 13.1 Å². The molecule has 1 atom stereocenters. The second kappa shape index (κ2) is 5.96. The van der Waals surface area contributed by atoms with Gasteiger partial charge in [-0.15, -0.1) is 0 Å². The Morgan fingerprint density at radius 3 is 2.42 bits per heavy atom. The number of nitrogens with zero attached hydrogens (tertiary/aromatic N) is 1. The summed E-state index contributed by atoms with van der Waals surface area (Å²) in [7, 11) is 0. The zero-order valence-corrected chi connectivity index (χ0v) is 12.9. The van der Waals surface area contributed by atoms with Crippen molar-refractivity contribution in [2.75, 3.05) is 24.5 Å². The van der Waals surface area contributed by atoms with Gasteiger partial charge in [0, 0.05) is 24.8 Å². The van der Waals surface area contributed by atoms with E-state index in [2.05, 4.69) is 62.2 Å². The number of benzene rings is 1. The van der Waals surface area contributed by atoms with Crippen LogP contribution in [0.2, 0.25) is 0 Å². The molecule has 19 heavy (non-hydrogen) atoms. The molecule has 1 unspecified atom stereocenters. The van der Waals surface area contributed by atoms with Crippen molar-refractivity contribution in [2.45, 2.75) is 52.0 Å². The molecular formula is C17H28N2. The van der Waals surface area contributed by atoms with Crippen molar-refractivity contribution in [2.24, 2.45) is 0 Å². The van der Waals surface area contributed by atoms with E-state index in [1.54, 1.807) is 0 Å². The van der Waals surface area contributed by atoms with Crippen molar-refractivity contribution in [3.63, 3.8) is 0 Å². The molecular weight excluding hydrogens is 232 g/mol. The molecule has 0 radical (unpaired) electrons. The van der Waals surface area contributed by atoms with Crippen LogP contribution in [0.15, 0.2) is 24.3 Å². The largest absolute Gasteiger partial charge is 0.370 e. The SMILES string of the molecule is CC1CN(c2ccc(C(C)(C)C)cc2)CCCCN1. The third-order valence-electron chi connectivity index (χ3n) is 3.94. The van der Waals surface area contributed by atoms with Gasteiger partial charge in [0.05, 0.1) is 0 Å². The lowest BCUT2D eigenvalue weighted by Crippen LogP contribution is -2.42. The van der Waals surface area contributed by atoms with Crippen molar-refractivity contribution >= 4 is 5.69 Å². The van der Waals surface area contributed by atoms with Gasteiger partial charge in [0.25, 0.3) is 0 Å². The Bertz CT molecular complexity index is 389. The summed E-state index contributed by atoms with van der Waals surface area (Å²) >= 11 is 0. The summed E-state index contributed by atoms with van der Waals surface area (Å²) in [5.74, 6) is 0. The van der Waals surface area contributed by atoms with Crippen LogP contribution in [-0.2, 0) is 5.41 Å². The first-order chi connectivity index (χ1) is 8.97. The number of hydrogen-bond donors (Lipinski definition) is 1. The minimum Gasteiger partial charge on any atom is -0.370 e. The standard InChI is InChI=1S/C17H28N2/c1-14-13-19(12-6-5-11-18-14)16-9-7-15(8-10-16)17(2,3)4/h7-10,14,18H,5-6,11-13H2,1-4H3. The quantitative estimate of drug-likeness (QED) is 0.830. The molecule has 1 aliphatic heterocycles. The van der Waals surface area contributed by atoms with Crippen molar-refractivity contribution < 1.29 is 0 Å². The number of anilines is 1. The molecule has 1 saturated heterocycles. The molecule has 1 aromatic carbocycles. The van der Waals surface area contributed by atoms with Crippen LogP contribution in [0.3, 0.4) is 0 Å². The molecule has 1 aliphatic rings. The van der Waals surface area contributed by atoms with Crippen LogP contribution in [0.4, 0.5) is 5.69 Å². The molecule has 0 aromatic heterocycles. The summed E-state index contributed by atoms with van der Waals surface area (Å²) < 4.78 is 0. The summed E-state index contributed by atoms with van der Waals surface area (Å²) in [6.07, 6.45) is 2.56. The second-order valence-electron chi connectivity index (χ2n) is 6.81. The smallest absolute Gasteiger partial charge is 0.0366 e. The summed E-state index contributed by atoms with van der Waals surface area (Å²) in [5, 5.41) is 3.58. The van der Waals surface area contributed by atoms with Gasteiger partial charge in [0.2, 0.25) is 0 Å². The van der Waals surface area contributed by atoms with E-state index in [4.69, 9.17) is 0 Å². The third kappa shape index (κ3) is 3.97. The van der Waals surface area contributed by atoms with Crippen molar-refractivity contribution in [3.05, 3.63) is 29.8 Å². The van der Waals surface area contributed by atoms with Gasteiger partial charge >= 0.3 is 0 Å². The van der Waals surface area contributed by atoms with Gasteiger partial charge in [0.15, 0.2) is 0 Å². The summed E-state index contributed by atoms with van der Waals surface area (Å²) in [5.41, 5.74) is 3.02. The van der Waals surface area contributed by atoms with E-state index in [1.165, 1.54) is 30.6 Å². The first-order valence-electron chi connectivity index (χ1n) is 7.56. The Hall–Kier alpha value is -1.02. The third-order valence-corrected chi connectivity index (χ3v) is 3.94. The van der Waals surface area contributed by atoms with Crippen molar-refractivity contribution in [1.82, 2.24) is 5.32 Å². The fraction of sp³-hybridized carbons (Fsp3) is 0.647. The molecule has 1 N–H and O–H groups in total. The maximum absolute atomic E-state index is 3.58. The topological polar surface area (TPSA) is 15.3 Å². The van der Waals surface area contributed by atoms with Gasteiger partial charge in [-0.3, -0.25) is 0 Å². The van der Waals surface area contributed by atoms with E-state index in [0.29, 0.717) is 6.04 Å². The lowest BCUT2D eigenvalue weighted by atomic mass is 9.87. The number of hydrogen-bond acceptors (Lipinski definition) is 2. The van der Waals surface area contributed by atoms with E-state index < -0.39 is 0 Å². The van der Waals surface area contributed by atoms with Gasteiger partial charge in [0.1, 0.15) is 0 Å². The fourth-order valence-corrected chi connectivity index (χ4v) is 2.67. The first-order valence-corrected chi connectivity index (χ1v) is 7.56.